The summed E-state index contributed by atoms with van der Waals surface area (Å²) in [5.41, 5.74) is 1.19. The minimum absolute atomic E-state index is 0.0927. The predicted octanol–water partition coefficient (Wildman–Crippen LogP) is 5.67. The number of rotatable bonds is 6. The Balaban J connectivity index is 1.49. The molecular formula is C20H24ClNO2S. The van der Waals surface area contributed by atoms with Crippen molar-refractivity contribution in [2.75, 3.05) is 0 Å². The second kappa shape index (κ2) is 8.81. The number of hydrogen-bond acceptors (Lipinski definition) is 3. The Morgan fingerprint density at radius 2 is 2.08 bits per heavy atom. The van der Waals surface area contributed by atoms with Crippen LogP contribution < -0.4 is 5.32 Å². The lowest BCUT2D eigenvalue weighted by Crippen LogP contribution is -2.40. The van der Waals surface area contributed by atoms with E-state index < -0.39 is 0 Å². The maximum Gasteiger partial charge on any atom is 0.287 e. The molecular weight excluding hydrogens is 354 g/mol. The molecule has 0 saturated heterocycles. The lowest BCUT2D eigenvalue weighted by Gasteiger charge is -2.29. The highest BCUT2D eigenvalue weighted by atomic mass is 35.5. The average Bonchev–Trinajstić information content (AvgIpc) is 3.06. The van der Waals surface area contributed by atoms with Gasteiger partial charge in [-0.15, -0.1) is 11.8 Å². The first-order valence-electron chi connectivity index (χ1n) is 8.83. The van der Waals surface area contributed by atoms with E-state index in [9.17, 15) is 4.79 Å². The summed E-state index contributed by atoms with van der Waals surface area (Å²) in [6, 6.07) is 11.8. The Morgan fingerprint density at radius 3 is 2.88 bits per heavy atom. The maximum atomic E-state index is 12.4. The van der Waals surface area contributed by atoms with Gasteiger partial charge < -0.3 is 9.73 Å². The molecule has 1 fully saturated rings. The molecule has 0 spiro atoms. The monoisotopic (exact) mass is 377 g/mol. The number of hydrogen-bond donors (Lipinski definition) is 1. The van der Waals surface area contributed by atoms with Gasteiger partial charge in [0, 0.05) is 16.8 Å². The number of nitrogens with one attached hydrogen (secondary N) is 1. The normalized spacial score (nSPS) is 20.4. The number of thioether (sulfide) groups is 1. The van der Waals surface area contributed by atoms with Crippen molar-refractivity contribution in [2.24, 2.45) is 5.92 Å². The van der Waals surface area contributed by atoms with Gasteiger partial charge in [-0.05, 0) is 48.6 Å². The molecule has 3 nitrogen and oxygen atoms in total. The molecule has 1 aromatic heterocycles. The van der Waals surface area contributed by atoms with Crippen molar-refractivity contribution in [3.05, 3.63) is 58.5 Å². The Hall–Kier alpha value is -1.39. The van der Waals surface area contributed by atoms with Gasteiger partial charge in [-0.2, -0.15) is 0 Å². The van der Waals surface area contributed by atoms with E-state index in [0.29, 0.717) is 11.7 Å². The number of amides is 1. The quantitative estimate of drug-likeness (QED) is 0.704. The van der Waals surface area contributed by atoms with Crippen molar-refractivity contribution < 1.29 is 9.21 Å². The summed E-state index contributed by atoms with van der Waals surface area (Å²) >= 11 is 7.74. The highest BCUT2D eigenvalue weighted by molar-refractivity contribution is 7.97. The van der Waals surface area contributed by atoms with Crippen molar-refractivity contribution in [1.82, 2.24) is 5.32 Å². The predicted molar refractivity (Wildman–Crippen MR) is 104 cm³/mol. The molecule has 0 unspecified atom stereocenters. The van der Waals surface area contributed by atoms with Crippen LogP contribution in [0.5, 0.6) is 0 Å². The lowest BCUT2D eigenvalue weighted by atomic mass is 9.86. The molecule has 3 rings (SSSR count). The second-order valence-corrected chi connectivity index (χ2v) is 8.15. The van der Waals surface area contributed by atoms with Crippen LogP contribution in [-0.4, -0.2) is 11.9 Å². The van der Waals surface area contributed by atoms with Crippen LogP contribution in [0.15, 0.2) is 40.8 Å². The Labute approximate surface area is 158 Å². The number of carbonyl (C=O) groups is 1. The summed E-state index contributed by atoms with van der Waals surface area (Å²) in [6.07, 6.45) is 4.71. The molecule has 1 aliphatic rings. The van der Waals surface area contributed by atoms with E-state index in [-0.39, 0.29) is 11.9 Å². The van der Waals surface area contributed by atoms with Gasteiger partial charge in [0.2, 0.25) is 0 Å². The molecule has 5 heteroatoms. The van der Waals surface area contributed by atoms with E-state index in [4.69, 9.17) is 16.0 Å². The van der Waals surface area contributed by atoms with Crippen molar-refractivity contribution in [3.63, 3.8) is 0 Å². The smallest absolute Gasteiger partial charge is 0.287 e. The molecule has 25 heavy (non-hydrogen) atoms. The van der Waals surface area contributed by atoms with Crippen molar-refractivity contribution in [2.45, 2.75) is 50.2 Å². The van der Waals surface area contributed by atoms with Gasteiger partial charge in [0.1, 0.15) is 5.76 Å². The van der Waals surface area contributed by atoms with Gasteiger partial charge in [0.25, 0.3) is 5.91 Å². The highest BCUT2D eigenvalue weighted by Crippen LogP contribution is 2.25. The SMILES string of the molecule is C[C@@H]1CCCC[C@H]1NC(=O)c1ccc(CSCc2cccc(Cl)c2)o1. The first-order chi connectivity index (χ1) is 12.1. The molecule has 0 radical (unpaired) electrons. The molecule has 0 aliphatic heterocycles. The van der Waals surface area contributed by atoms with Crippen LogP contribution in [0.4, 0.5) is 0 Å². The van der Waals surface area contributed by atoms with E-state index in [2.05, 4.69) is 18.3 Å². The summed E-state index contributed by atoms with van der Waals surface area (Å²) in [5.74, 6) is 3.29. The van der Waals surface area contributed by atoms with E-state index in [1.54, 1.807) is 17.8 Å². The third-order valence-electron chi connectivity index (χ3n) is 4.72. The molecule has 0 bridgehead atoms. The van der Waals surface area contributed by atoms with Crippen LogP contribution in [0, 0.1) is 5.92 Å². The molecule has 2 atom stereocenters. The van der Waals surface area contributed by atoms with Gasteiger partial charge in [-0.3, -0.25) is 4.79 Å². The minimum Gasteiger partial charge on any atom is -0.455 e. The van der Waals surface area contributed by atoms with E-state index in [1.165, 1.54) is 24.8 Å². The summed E-state index contributed by atoms with van der Waals surface area (Å²) < 4.78 is 5.72. The topological polar surface area (TPSA) is 42.2 Å². The molecule has 1 saturated carbocycles. The summed E-state index contributed by atoms with van der Waals surface area (Å²) in [4.78, 5) is 12.4. The van der Waals surface area contributed by atoms with Gasteiger partial charge in [-0.25, -0.2) is 0 Å². The zero-order valence-corrected chi connectivity index (χ0v) is 16.0. The zero-order valence-electron chi connectivity index (χ0n) is 14.5. The van der Waals surface area contributed by atoms with Crippen LogP contribution >= 0.6 is 23.4 Å². The van der Waals surface area contributed by atoms with Crippen molar-refractivity contribution >= 4 is 29.3 Å². The van der Waals surface area contributed by atoms with E-state index in [0.717, 1.165) is 28.7 Å². The fraction of sp³-hybridized carbons (Fsp3) is 0.450. The number of benzene rings is 1. The zero-order chi connectivity index (χ0) is 17.6. The fourth-order valence-electron chi connectivity index (χ4n) is 3.24. The minimum atomic E-state index is -0.0927. The molecule has 1 heterocycles. The molecule has 2 aromatic rings. The Kier molecular flexibility index (Phi) is 6.49. The summed E-state index contributed by atoms with van der Waals surface area (Å²) in [5, 5.41) is 3.89. The molecule has 1 aromatic carbocycles. The second-order valence-electron chi connectivity index (χ2n) is 6.73. The summed E-state index contributed by atoms with van der Waals surface area (Å²) in [7, 11) is 0. The number of furan rings is 1. The molecule has 1 amide bonds. The van der Waals surface area contributed by atoms with Crippen LogP contribution in [0.1, 0.15) is 54.5 Å². The molecule has 1 N–H and O–H groups in total. The molecule has 1 aliphatic carbocycles. The average molecular weight is 378 g/mol. The Morgan fingerprint density at radius 1 is 1.24 bits per heavy atom. The summed E-state index contributed by atoms with van der Waals surface area (Å²) in [6.45, 7) is 2.21. The van der Waals surface area contributed by atoms with E-state index >= 15 is 0 Å². The van der Waals surface area contributed by atoms with Crippen LogP contribution in [0.3, 0.4) is 0 Å². The van der Waals surface area contributed by atoms with Crippen LogP contribution in [-0.2, 0) is 11.5 Å². The lowest BCUT2D eigenvalue weighted by molar-refractivity contribution is 0.0880. The first-order valence-corrected chi connectivity index (χ1v) is 10.4. The highest BCUT2D eigenvalue weighted by Gasteiger charge is 2.24. The number of carbonyl (C=O) groups excluding carboxylic acids is 1. The fourth-order valence-corrected chi connectivity index (χ4v) is 4.33. The standard InChI is InChI=1S/C20H24ClNO2S/c1-14-5-2-3-8-18(14)22-20(23)19-10-9-17(24-19)13-25-12-15-6-4-7-16(21)11-15/h4,6-7,9-11,14,18H,2-3,5,8,12-13H2,1H3,(H,22,23)/t14-,18-/m1/s1. The number of halogens is 1. The Bertz CT molecular complexity index is 715. The first kappa shape index (κ1) is 18.4. The van der Waals surface area contributed by atoms with Gasteiger partial charge >= 0.3 is 0 Å². The van der Waals surface area contributed by atoms with E-state index in [1.807, 2.05) is 24.3 Å². The van der Waals surface area contributed by atoms with Gasteiger partial charge in [0.05, 0.1) is 5.75 Å². The maximum absolute atomic E-state index is 12.4. The van der Waals surface area contributed by atoms with Gasteiger partial charge in [-0.1, -0.05) is 43.5 Å². The van der Waals surface area contributed by atoms with Crippen LogP contribution in [0.2, 0.25) is 5.02 Å². The van der Waals surface area contributed by atoms with Crippen LogP contribution in [0.25, 0.3) is 0 Å². The molecule has 134 valence electrons. The third-order valence-corrected chi connectivity index (χ3v) is 5.98. The largest absolute Gasteiger partial charge is 0.455 e. The van der Waals surface area contributed by atoms with Crippen molar-refractivity contribution in [3.8, 4) is 0 Å². The van der Waals surface area contributed by atoms with Crippen molar-refractivity contribution in [1.29, 1.82) is 0 Å². The third kappa shape index (κ3) is 5.29. The van der Waals surface area contributed by atoms with Gasteiger partial charge in [0.15, 0.2) is 5.76 Å².